The Balaban J connectivity index is 1.58. The van der Waals surface area contributed by atoms with Crippen molar-refractivity contribution in [3.8, 4) is 10.6 Å². The van der Waals surface area contributed by atoms with Crippen LogP contribution >= 0.6 is 11.3 Å². The first-order valence-corrected chi connectivity index (χ1v) is 8.51. The zero-order valence-electron chi connectivity index (χ0n) is 12.7. The fourth-order valence-corrected chi connectivity index (χ4v) is 3.85. The zero-order valence-corrected chi connectivity index (χ0v) is 13.5. The molecule has 0 radical (unpaired) electrons. The summed E-state index contributed by atoms with van der Waals surface area (Å²) < 4.78 is 1.25. The van der Waals surface area contributed by atoms with E-state index in [1.807, 2.05) is 6.07 Å². The lowest BCUT2D eigenvalue weighted by atomic mass is 10.2. The normalized spacial score (nSPS) is 16.3. The second kappa shape index (κ2) is 5.71. The SMILES string of the molecule is CN1CCN(c2ccc(-c3nc4ccccc4s3)cc2)CC1. The number of thiazole rings is 1. The van der Waals surface area contributed by atoms with E-state index in [1.165, 1.54) is 16.0 Å². The summed E-state index contributed by atoms with van der Waals surface area (Å²) in [6, 6.07) is 17.2. The van der Waals surface area contributed by atoms with Gasteiger partial charge in [0.2, 0.25) is 0 Å². The molecule has 4 heteroatoms. The van der Waals surface area contributed by atoms with E-state index in [1.54, 1.807) is 11.3 Å². The van der Waals surface area contributed by atoms with Gasteiger partial charge in [0.25, 0.3) is 0 Å². The van der Waals surface area contributed by atoms with Crippen molar-refractivity contribution in [2.24, 2.45) is 0 Å². The van der Waals surface area contributed by atoms with Crippen molar-refractivity contribution in [3.63, 3.8) is 0 Å². The van der Waals surface area contributed by atoms with Gasteiger partial charge in [-0.05, 0) is 43.4 Å². The molecule has 0 saturated carbocycles. The van der Waals surface area contributed by atoms with Crippen LogP contribution in [0.4, 0.5) is 5.69 Å². The van der Waals surface area contributed by atoms with Crippen molar-refractivity contribution < 1.29 is 0 Å². The molecule has 22 heavy (non-hydrogen) atoms. The summed E-state index contributed by atoms with van der Waals surface area (Å²) in [5, 5.41) is 1.10. The molecule has 1 saturated heterocycles. The molecule has 1 fully saturated rings. The van der Waals surface area contributed by atoms with Crippen LogP contribution in [0.3, 0.4) is 0 Å². The van der Waals surface area contributed by atoms with Gasteiger partial charge in [-0.25, -0.2) is 4.98 Å². The average Bonchev–Trinajstić information content (AvgIpc) is 3.00. The molecule has 0 bridgehead atoms. The van der Waals surface area contributed by atoms with Crippen molar-refractivity contribution in [3.05, 3.63) is 48.5 Å². The molecule has 3 nitrogen and oxygen atoms in total. The molecule has 0 unspecified atom stereocenters. The Hall–Kier alpha value is -1.91. The summed E-state index contributed by atoms with van der Waals surface area (Å²) in [4.78, 5) is 9.57. The van der Waals surface area contributed by atoms with Crippen LogP contribution in [0.5, 0.6) is 0 Å². The van der Waals surface area contributed by atoms with E-state index >= 15 is 0 Å². The number of fused-ring (bicyclic) bond motifs is 1. The Morgan fingerprint density at radius 2 is 1.64 bits per heavy atom. The highest BCUT2D eigenvalue weighted by Gasteiger charge is 2.14. The molecule has 2 aromatic carbocycles. The maximum Gasteiger partial charge on any atom is 0.124 e. The lowest BCUT2D eigenvalue weighted by molar-refractivity contribution is 0.313. The van der Waals surface area contributed by atoms with E-state index in [4.69, 9.17) is 4.98 Å². The van der Waals surface area contributed by atoms with E-state index in [0.717, 1.165) is 36.7 Å². The minimum absolute atomic E-state index is 1.09. The van der Waals surface area contributed by atoms with E-state index < -0.39 is 0 Å². The van der Waals surface area contributed by atoms with Gasteiger partial charge in [-0.2, -0.15) is 0 Å². The van der Waals surface area contributed by atoms with E-state index in [9.17, 15) is 0 Å². The molecule has 1 aromatic heterocycles. The molecular formula is C18H19N3S. The van der Waals surface area contributed by atoms with Crippen LogP contribution in [0, 0.1) is 0 Å². The topological polar surface area (TPSA) is 19.4 Å². The minimum Gasteiger partial charge on any atom is -0.369 e. The summed E-state index contributed by atoms with van der Waals surface area (Å²) in [5.74, 6) is 0. The third-order valence-corrected chi connectivity index (χ3v) is 5.36. The molecule has 1 aliphatic rings. The van der Waals surface area contributed by atoms with Gasteiger partial charge in [0.05, 0.1) is 10.2 Å². The Morgan fingerprint density at radius 1 is 0.909 bits per heavy atom. The first-order chi connectivity index (χ1) is 10.8. The van der Waals surface area contributed by atoms with Crippen molar-refractivity contribution in [2.75, 3.05) is 38.1 Å². The fourth-order valence-electron chi connectivity index (χ4n) is 2.88. The highest BCUT2D eigenvalue weighted by Crippen LogP contribution is 2.31. The van der Waals surface area contributed by atoms with Gasteiger partial charge in [0.15, 0.2) is 0 Å². The zero-order chi connectivity index (χ0) is 14.9. The lowest BCUT2D eigenvalue weighted by Crippen LogP contribution is -2.44. The second-order valence-corrected chi connectivity index (χ2v) is 6.85. The van der Waals surface area contributed by atoms with Crippen molar-refractivity contribution in [1.29, 1.82) is 0 Å². The predicted molar refractivity (Wildman–Crippen MR) is 94.8 cm³/mol. The first kappa shape index (κ1) is 13.7. The van der Waals surface area contributed by atoms with Gasteiger partial charge < -0.3 is 9.80 Å². The molecule has 1 aliphatic heterocycles. The Kier molecular flexibility index (Phi) is 3.56. The monoisotopic (exact) mass is 309 g/mol. The Labute approximate surface area is 134 Å². The lowest BCUT2D eigenvalue weighted by Gasteiger charge is -2.34. The molecule has 2 heterocycles. The van der Waals surface area contributed by atoms with Crippen molar-refractivity contribution in [2.45, 2.75) is 0 Å². The quantitative estimate of drug-likeness (QED) is 0.719. The fraction of sp³-hybridized carbons (Fsp3) is 0.278. The number of nitrogens with zero attached hydrogens (tertiary/aromatic N) is 3. The molecule has 4 rings (SSSR count). The third kappa shape index (κ3) is 2.60. The molecule has 0 spiro atoms. The molecule has 0 atom stereocenters. The summed E-state index contributed by atoms with van der Waals surface area (Å²) in [6.45, 7) is 4.49. The first-order valence-electron chi connectivity index (χ1n) is 7.69. The number of aromatic nitrogens is 1. The average molecular weight is 309 g/mol. The van der Waals surface area contributed by atoms with Gasteiger partial charge in [0.1, 0.15) is 5.01 Å². The van der Waals surface area contributed by atoms with Crippen LogP contribution in [-0.4, -0.2) is 43.1 Å². The molecule has 0 aliphatic carbocycles. The molecule has 3 aromatic rings. The summed E-state index contributed by atoms with van der Waals surface area (Å²) in [6.07, 6.45) is 0. The van der Waals surface area contributed by atoms with E-state index in [-0.39, 0.29) is 0 Å². The van der Waals surface area contributed by atoms with Gasteiger partial charge in [-0.1, -0.05) is 12.1 Å². The number of para-hydroxylation sites is 1. The number of likely N-dealkylation sites (N-methyl/N-ethyl adjacent to an activating group) is 1. The van der Waals surface area contributed by atoms with Crippen LogP contribution in [0.15, 0.2) is 48.5 Å². The smallest absolute Gasteiger partial charge is 0.124 e. The Morgan fingerprint density at radius 3 is 2.36 bits per heavy atom. The minimum atomic E-state index is 1.09. The summed E-state index contributed by atoms with van der Waals surface area (Å²) in [5.41, 5.74) is 3.61. The van der Waals surface area contributed by atoms with Crippen molar-refractivity contribution >= 4 is 27.2 Å². The number of hydrogen-bond acceptors (Lipinski definition) is 4. The number of hydrogen-bond donors (Lipinski definition) is 0. The molecular weight excluding hydrogens is 290 g/mol. The van der Waals surface area contributed by atoms with Crippen LogP contribution in [0.2, 0.25) is 0 Å². The van der Waals surface area contributed by atoms with Crippen LogP contribution < -0.4 is 4.90 Å². The number of piperazine rings is 1. The Bertz CT molecular complexity index is 737. The van der Waals surface area contributed by atoms with Gasteiger partial charge in [0, 0.05) is 37.4 Å². The van der Waals surface area contributed by atoms with Gasteiger partial charge in [-0.3, -0.25) is 0 Å². The maximum absolute atomic E-state index is 4.73. The highest BCUT2D eigenvalue weighted by molar-refractivity contribution is 7.21. The highest BCUT2D eigenvalue weighted by atomic mass is 32.1. The van der Waals surface area contributed by atoms with Crippen molar-refractivity contribution in [1.82, 2.24) is 9.88 Å². The van der Waals surface area contributed by atoms with Gasteiger partial charge in [-0.15, -0.1) is 11.3 Å². The third-order valence-electron chi connectivity index (χ3n) is 4.28. The number of benzene rings is 2. The maximum atomic E-state index is 4.73. The standard InChI is InChI=1S/C18H19N3S/c1-20-10-12-21(13-11-20)15-8-6-14(7-9-15)18-19-16-4-2-3-5-17(16)22-18/h2-9H,10-13H2,1H3. The molecule has 0 N–H and O–H groups in total. The van der Waals surface area contributed by atoms with E-state index in [2.05, 4.69) is 59.3 Å². The summed E-state index contributed by atoms with van der Waals surface area (Å²) >= 11 is 1.76. The largest absolute Gasteiger partial charge is 0.369 e. The van der Waals surface area contributed by atoms with E-state index in [0.29, 0.717) is 0 Å². The summed E-state index contributed by atoms with van der Waals surface area (Å²) in [7, 11) is 2.19. The molecule has 0 amide bonds. The molecule has 112 valence electrons. The van der Waals surface area contributed by atoms with Crippen LogP contribution in [0.1, 0.15) is 0 Å². The van der Waals surface area contributed by atoms with Crippen LogP contribution in [-0.2, 0) is 0 Å². The predicted octanol–water partition coefficient (Wildman–Crippen LogP) is 3.72. The number of rotatable bonds is 2. The van der Waals surface area contributed by atoms with Crippen LogP contribution in [0.25, 0.3) is 20.8 Å². The second-order valence-electron chi connectivity index (χ2n) is 5.82. The number of anilines is 1. The van der Waals surface area contributed by atoms with Gasteiger partial charge >= 0.3 is 0 Å².